The Morgan fingerprint density at radius 2 is 1.94 bits per heavy atom. The third-order valence-corrected chi connectivity index (χ3v) is 3.77. The number of nitrogens with one attached hydrogen (secondary N) is 1. The van der Waals surface area contributed by atoms with E-state index in [4.69, 9.17) is 0 Å². The van der Waals surface area contributed by atoms with Gasteiger partial charge in [-0.3, -0.25) is 0 Å². The number of hydrogen-bond donors (Lipinski definition) is 1. The van der Waals surface area contributed by atoms with Gasteiger partial charge in [0, 0.05) is 0 Å². The largest absolute Gasteiger partial charge is 0.320 e. The van der Waals surface area contributed by atoms with E-state index >= 15 is 0 Å². The Labute approximate surface area is 99.3 Å². The first kappa shape index (κ1) is 11.7. The minimum atomic E-state index is 0.680. The second-order valence-electron chi connectivity index (χ2n) is 5.03. The summed E-state index contributed by atoms with van der Waals surface area (Å²) in [6.07, 6.45) is 6.57. The summed E-state index contributed by atoms with van der Waals surface area (Å²) in [6, 6.07) is 7.15. The van der Waals surface area contributed by atoms with E-state index in [2.05, 4.69) is 30.4 Å². The number of aryl methyl sites for hydroxylation is 2. The van der Waals surface area contributed by atoms with Crippen LogP contribution in [0, 0.1) is 0 Å². The van der Waals surface area contributed by atoms with Gasteiger partial charge in [-0.2, -0.15) is 0 Å². The standard InChI is InChI=1S/C15H23N/c1-12(9-10-16-2)14-8-7-13-5-3-4-6-15(13)11-14/h7-8,11-12,16H,3-6,9-10H2,1-2H3. The Morgan fingerprint density at radius 1 is 1.19 bits per heavy atom. The van der Waals surface area contributed by atoms with Crippen molar-refractivity contribution in [3.05, 3.63) is 34.9 Å². The molecule has 0 aliphatic heterocycles. The Bertz CT molecular complexity index is 343. The molecule has 0 saturated heterocycles. The molecule has 1 aliphatic rings. The van der Waals surface area contributed by atoms with Crippen LogP contribution in [0.5, 0.6) is 0 Å². The number of hydrogen-bond acceptors (Lipinski definition) is 1. The summed E-state index contributed by atoms with van der Waals surface area (Å²) in [4.78, 5) is 0. The number of fused-ring (bicyclic) bond motifs is 1. The van der Waals surface area contributed by atoms with Crippen molar-refractivity contribution >= 4 is 0 Å². The molecule has 0 aromatic heterocycles. The van der Waals surface area contributed by atoms with E-state index in [1.165, 1.54) is 37.7 Å². The van der Waals surface area contributed by atoms with Gasteiger partial charge in [-0.15, -0.1) is 0 Å². The highest BCUT2D eigenvalue weighted by Gasteiger charge is 2.11. The Balaban J connectivity index is 2.10. The summed E-state index contributed by atoms with van der Waals surface area (Å²) in [5.74, 6) is 0.680. The quantitative estimate of drug-likeness (QED) is 0.816. The lowest BCUT2D eigenvalue weighted by Gasteiger charge is -2.19. The fourth-order valence-corrected chi connectivity index (χ4v) is 2.59. The van der Waals surface area contributed by atoms with E-state index in [1.54, 1.807) is 11.1 Å². The van der Waals surface area contributed by atoms with Crippen LogP contribution in [0.4, 0.5) is 0 Å². The maximum absolute atomic E-state index is 3.23. The van der Waals surface area contributed by atoms with E-state index in [-0.39, 0.29) is 0 Å². The fraction of sp³-hybridized carbons (Fsp3) is 0.600. The predicted octanol–water partition coefficient (Wildman–Crippen LogP) is 3.28. The second kappa shape index (κ2) is 5.49. The van der Waals surface area contributed by atoms with Crippen LogP contribution in [0.2, 0.25) is 0 Å². The number of benzene rings is 1. The second-order valence-corrected chi connectivity index (χ2v) is 5.03. The molecule has 1 atom stereocenters. The van der Waals surface area contributed by atoms with Gasteiger partial charge in [0.25, 0.3) is 0 Å². The van der Waals surface area contributed by atoms with Crippen molar-refractivity contribution in [1.82, 2.24) is 5.32 Å². The lowest BCUT2D eigenvalue weighted by Crippen LogP contribution is -2.11. The van der Waals surface area contributed by atoms with Gasteiger partial charge >= 0.3 is 0 Å². The molecule has 88 valence electrons. The summed E-state index contributed by atoms with van der Waals surface area (Å²) in [5.41, 5.74) is 4.73. The summed E-state index contributed by atoms with van der Waals surface area (Å²) in [5, 5.41) is 3.23. The molecule has 0 radical (unpaired) electrons. The molecule has 1 aromatic carbocycles. The van der Waals surface area contributed by atoms with Gasteiger partial charge in [0.2, 0.25) is 0 Å². The first-order valence-electron chi connectivity index (χ1n) is 6.57. The molecule has 1 heteroatoms. The number of rotatable bonds is 4. The smallest absolute Gasteiger partial charge is 0.00462 e. The predicted molar refractivity (Wildman–Crippen MR) is 70.0 cm³/mol. The fourth-order valence-electron chi connectivity index (χ4n) is 2.59. The van der Waals surface area contributed by atoms with Gasteiger partial charge in [0.1, 0.15) is 0 Å². The normalized spacial score (nSPS) is 16.9. The molecule has 0 bridgehead atoms. The molecule has 16 heavy (non-hydrogen) atoms. The highest BCUT2D eigenvalue weighted by atomic mass is 14.8. The average molecular weight is 217 g/mol. The van der Waals surface area contributed by atoms with Crippen molar-refractivity contribution in [1.29, 1.82) is 0 Å². The van der Waals surface area contributed by atoms with Crippen LogP contribution < -0.4 is 5.32 Å². The van der Waals surface area contributed by atoms with Crippen molar-refractivity contribution < 1.29 is 0 Å². The van der Waals surface area contributed by atoms with E-state index in [0.717, 1.165) is 6.54 Å². The van der Waals surface area contributed by atoms with Gasteiger partial charge in [-0.25, -0.2) is 0 Å². The van der Waals surface area contributed by atoms with Crippen LogP contribution in [0.25, 0.3) is 0 Å². The maximum atomic E-state index is 3.23. The summed E-state index contributed by atoms with van der Waals surface area (Å²) < 4.78 is 0. The third kappa shape index (κ3) is 2.65. The first-order valence-corrected chi connectivity index (χ1v) is 6.57. The molecule has 1 aromatic rings. The van der Waals surface area contributed by atoms with Gasteiger partial charge in [0.05, 0.1) is 0 Å². The Morgan fingerprint density at radius 3 is 2.69 bits per heavy atom. The summed E-state index contributed by atoms with van der Waals surface area (Å²) in [6.45, 7) is 3.44. The molecule has 0 spiro atoms. The topological polar surface area (TPSA) is 12.0 Å². The van der Waals surface area contributed by atoms with Crippen molar-refractivity contribution in [3.8, 4) is 0 Å². The molecule has 1 aliphatic carbocycles. The van der Waals surface area contributed by atoms with Crippen molar-refractivity contribution in [2.75, 3.05) is 13.6 Å². The van der Waals surface area contributed by atoms with E-state index in [9.17, 15) is 0 Å². The molecule has 1 unspecified atom stereocenters. The van der Waals surface area contributed by atoms with Crippen LogP contribution in [-0.4, -0.2) is 13.6 Å². The molecule has 2 rings (SSSR count). The molecule has 0 saturated carbocycles. The van der Waals surface area contributed by atoms with Crippen LogP contribution in [0.3, 0.4) is 0 Å². The zero-order chi connectivity index (χ0) is 11.4. The van der Waals surface area contributed by atoms with Crippen LogP contribution in [-0.2, 0) is 12.8 Å². The van der Waals surface area contributed by atoms with Gasteiger partial charge in [-0.05, 0) is 68.3 Å². The molecular formula is C15H23N. The SMILES string of the molecule is CNCCC(C)c1ccc2c(c1)CCCC2. The van der Waals surface area contributed by atoms with Crippen molar-refractivity contribution in [3.63, 3.8) is 0 Å². The molecule has 0 heterocycles. The summed E-state index contributed by atoms with van der Waals surface area (Å²) >= 11 is 0. The van der Waals surface area contributed by atoms with Crippen LogP contribution in [0.1, 0.15) is 48.8 Å². The van der Waals surface area contributed by atoms with E-state index < -0.39 is 0 Å². The third-order valence-electron chi connectivity index (χ3n) is 3.77. The lowest BCUT2D eigenvalue weighted by atomic mass is 9.87. The average Bonchev–Trinajstić information content (AvgIpc) is 2.35. The zero-order valence-electron chi connectivity index (χ0n) is 10.6. The molecule has 1 nitrogen and oxygen atoms in total. The highest BCUT2D eigenvalue weighted by molar-refractivity contribution is 5.35. The van der Waals surface area contributed by atoms with Gasteiger partial charge < -0.3 is 5.32 Å². The first-order chi connectivity index (χ1) is 7.81. The maximum Gasteiger partial charge on any atom is -0.00462 e. The minimum absolute atomic E-state index is 0.680. The minimum Gasteiger partial charge on any atom is -0.320 e. The van der Waals surface area contributed by atoms with Crippen molar-refractivity contribution in [2.45, 2.75) is 44.9 Å². The Hall–Kier alpha value is -0.820. The molecule has 0 fully saturated rings. The lowest BCUT2D eigenvalue weighted by molar-refractivity contribution is 0.631. The van der Waals surface area contributed by atoms with E-state index in [0.29, 0.717) is 5.92 Å². The highest BCUT2D eigenvalue weighted by Crippen LogP contribution is 2.26. The van der Waals surface area contributed by atoms with Crippen LogP contribution >= 0.6 is 0 Å². The Kier molecular flexibility index (Phi) is 4.00. The van der Waals surface area contributed by atoms with Crippen LogP contribution in [0.15, 0.2) is 18.2 Å². The van der Waals surface area contributed by atoms with Gasteiger partial charge in [-0.1, -0.05) is 25.1 Å². The van der Waals surface area contributed by atoms with Gasteiger partial charge in [0.15, 0.2) is 0 Å². The molecule has 0 amide bonds. The zero-order valence-corrected chi connectivity index (χ0v) is 10.6. The molecular weight excluding hydrogens is 194 g/mol. The van der Waals surface area contributed by atoms with Crippen molar-refractivity contribution in [2.24, 2.45) is 0 Å². The van der Waals surface area contributed by atoms with E-state index in [1.807, 2.05) is 7.05 Å². The monoisotopic (exact) mass is 217 g/mol. The summed E-state index contributed by atoms with van der Waals surface area (Å²) in [7, 11) is 2.03. The molecule has 1 N–H and O–H groups in total.